The Hall–Kier alpha value is -3.48. The van der Waals surface area contributed by atoms with Crippen molar-refractivity contribution >= 4 is 34.4 Å². The molecule has 3 aromatic heterocycles. The molecule has 7 nitrogen and oxygen atoms in total. The number of hydrogen-bond donors (Lipinski definition) is 1. The Morgan fingerprint density at radius 1 is 1.06 bits per heavy atom. The largest absolute Gasteiger partial charge is 0.396 e. The van der Waals surface area contributed by atoms with Crippen LogP contribution in [0.4, 0.5) is 11.5 Å². The van der Waals surface area contributed by atoms with Gasteiger partial charge in [0.25, 0.3) is 0 Å². The van der Waals surface area contributed by atoms with Crippen LogP contribution >= 0.6 is 0 Å². The van der Waals surface area contributed by atoms with Gasteiger partial charge in [0.1, 0.15) is 0 Å². The van der Waals surface area contributed by atoms with Crippen molar-refractivity contribution in [3.8, 4) is 11.1 Å². The number of rotatable bonds is 6. The lowest BCUT2D eigenvalue weighted by molar-refractivity contribution is -0.135. The lowest BCUT2D eigenvalue weighted by Crippen LogP contribution is -2.57. The van der Waals surface area contributed by atoms with Crippen LogP contribution in [0.5, 0.6) is 0 Å². The van der Waals surface area contributed by atoms with Crippen molar-refractivity contribution in [2.75, 3.05) is 30.3 Å². The Kier molecular flexibility index (Phi) is 5.01. The van der Waals surface area contributed by atoms with Crippen LogP contribution in [-0.2, 0) is 4.79 Å². The Morgan fingerprint density at radius 3 is 2.61 bits per heavy atom. The van der Waals surface area contributed by atoms with Gasteiger partial charge in [-0.05, 0) is 74.3 Å². The molecule has 4 fully saturated rings. The van der Waals surface area contributed by atoms with Gasteiger partial charge >= 0.3 is 0 Å². The van der Waals surface area contributed by atoms with Gasteiger partial charge in [0.2, 0.25) is 5.91 Å². The number of carbonyl (C=O) groups excluding carboxylic acids is 1. The molecule has 4 heterocycles. The van der Waals surface area contributed by atoms with Crippen molar-refractivity contribution in [3.63, 3.8) is 0 Å². The minimum atomic E-state index is 0.271. The first-order valence-corrected chi connectivity index (χ1v) is 13.3. The number of hydrogen-bond acceptors (Lipinski definition) is 6. The molecule has 4 aliphatic rings. The normalized spacial score (nSPS) is 22.2. The smallest absolute Gasteiger partial charge is 0.226 e. The number of aromatic nitrogens is 3. The second-order valence-corrected chi connectivity index (χ2v) is 11.0. The highest BCUT2D eigenvalue weighted by Gasteiger charge is 2.45. The number of fused-ring (bicyclic) bond motifs is 1. The fraction of sp³-hybridized carbons (Fsp3) is 0.448. The summed E-state index contributed by atoms with van der Waals surface area (Å²) in [5.74, 6) is 2.60. The van der Waals surface area contributed by atoms with E-state index in [1.807, 2.05) is 12.3 Å². The topological polar surface area (TPSA) is 88.2 Å². The number of carbonyl (C=O) groups is 1. The molecule has 0 bridgehead atoms. The van der Waals surface area contributed by atoms with Crippen LogP contribution in [0.2, 0.25) is 0 Å². The molecular formula is C29H32N6O. The fourth-order valence-corrected chi connectivity index (χ4v) is 5.82. The zero-order chi connectivity index (χ0) is 24.4. The third-order valence-electron chi connectivity index (χ3n) is 8.25. The summed E-state index contributed by atoms with van der Waals surface area (Å²) in [5, 5.41) is 1.05. The maximum absolute atomic E-state index is 13.0. The molecule has 0 spiro atoms. The van der Waals surface area contributed by atoms with Gasteiger partial charge in [-0.25, -0.2) is 9.97 Å². The van der Waals surface area contributed by atoms with Crippen LogP contribution in [-0.4, -0.2) is 51.4 Å². The maximum Gasteiger partial charge on any atom is 0.226 e. The first-order chi connectivity index (χ1) is 17.6. The Labute approximate surface area is 211 Å². The van der Waals surface area contributed by atoms with Crippen LogP contribution in [0, 0.1) is 11.8 Å². The highest BCUT2D eigenvalue weighted by molar-refractivity contribution is 5.96. The number of nitrogen functional groups attached to an aromatic ring is 1. The fourth-order valence-electron chi connectivity index (χ4n) is 5.82. The summed E-state index contributed by atoms with van der Waals surface area (Å²) in [7, 11) is 0. The van der Waals surface area contributed by atoms with Gasteiger partial charge in [-0.15, -0.1) is 0 Å². The van der Waals surface area contributed by atoms with Gasteiger partial charge in [-0.3, -0.25) is 9.78 Å². The number of amides is 1. The number of nitrogens with two attached hydrogens (primary N) is 1. The van der Waals surface area contributed by atoms with Gasteiger partial charge in [-0.1, -0.05) is 6.58 Å². The molecule has 3 aromatic rings. The van der Waals surface area contributed by atoms with E-state index in [-0.39, 0.29) is 12.0 Å². The molecule has 2 N–H and O–H groups in total. The van der Waals surface area contributed by atoms with Gasteiger partial charge in [-0.2, -0.15) is 0 Å². The summed E-state index contributed by atoms with van der Waals surface area (Å²) in [4.78, 5) is 31.7. The van der Waals surface area contributed by atoms with Crippen molar-refractivity contribution in [2.45, 2.75) is 50.5 Å². The zero-order valence-corrected chi connectivity index (χ0v) is 20.6. The van der Waals surface area contributed by atoms with Gasteiger partial charge in [0.15, 0.2) is 5.82 Å². The van der Waals surface area contributed by atoms with E-state index in [0.29, 0.717) is 23.4 Å². The summed E-state index contributed by atoms with van der Waals surface area (Å²) < 4.78 is 0. The molecule has 0 unspecified atom stereocenters. The standard InChI is InChI=1S/C29H32N6O/c1-2-20-13-22(21-9-10-31-15-25(21)32-20)23-14-24(30)28(33-27(23)18-5-6-18)34-11-12-35(29(36)19-7-8-19)26(16-34)17-3-4-17/h2,9-10,13-15,17-19,26H,1,3-8,11-12,16,30H2/t26-/m0/s1. The average Bonchev–Trinajstić information content (AvgIpc) is 3.76. The summed E-state index contributed by atoms with van der Waals surface area (Å²) in [6, 6.07) is 6.50. The lowest BCUT2D eigenvalue weighted by Gasteiger charge is -2.43. The molecule has 1 aliphatic heterocycles. The monoisotopic (exact) mass is 480 g/mol. The number of pyridine rings is 3. The van der Waals surface area contributed by atoms with Crippen molar-refractivity contribution in [3.05, 3.63) is 48.6 Å². The minimum absolute atomic E-state index is 0.271. The van der Waals surface area contributed by atoms with E-state index >= 15 is 0 Å². The summed E-state index contributed by atoms with van der Waals surface area (Å²) in [6.07, 6.45) is 12.2. The van der Waals surface area contributed by atoms with Gasteiger partial charge < -0.3 is 15.5 Å². The molecule has 1 amide bonds. The van der Waals surface area contributed by atoms with E-state index in [2.05, 4.69) is 38.5 Å². The van der Waals surface area contributed by atoms with E-state index in [0.717, 1.165) is 84.6 Å². The van der Waals surface area contributed by atoms with Crippen LogP contribution in [0.3, 0.4) is 0 Å². The van der Waals surface area contributed by atoms with E-state index in [9.17, 15) is 4.79 Å². The van der Waals surface area contributed by atoms with E-state index in [1.165, 1.54) is 12.8 Å². The van der Waals surface area contributed by atoms with Crippen molar-refractivity contribution < 1.29 is 4.79 Å². The zero-order valence-electron chi connectivity index (χ0n) is 20.6. The molecule has 1 saturated heterocycles. The summed E-state index contributed by atoms with van der Waals surface area (Å²) in [5.41, 5.74) is 12.4. The van der Waals surface area contributed by atoms with Gasteiger partial charge in [0.05, 0.1) is 34.8 Å². The Balaban J connectivity index is 1.27. The van der Waals surface area contributed by atoms with Crippen molar-refractivity contribution in [1.82, 2.24) is 19.9 Å². The molecule has 0 radical (unpaired) electrons. The highest BCUT2D eigenvalue weighted by Crippen LogP contribution is 2.47. The molecule has 36 heavy (non-hydrogen) atoms. The van der Waals surface area contributed by atoms with E-state index in [4.69, 9.17) is 10.7 Å². The molecule has 7 rings (SSSR count). The minimum Gasteiger partial charge on any atom is -0.396 e. The highest BCUT2D eigenvalue weighted by atomic mass is 16.2. The predicted molar refractivity (Wildman–Crippen MR) is 142 cm³/mol. The van der Waals surface area contributed by atoms with Crippen LogP contribution in [0.15, 0.2) is 37.2 Å². The molecule has 0 aromatic carbocycles. The SMILES string of the molecule is C=Cc1cc(-c2cc(N)c(N3CCN(C(=O)C4CC4)[C@H](C4CC4)C3)nc2C2CC2)c2ccncc2n1. The quantitative estimate of drug-likeness (QED) is 0.553. The molecule has 3 saturated carbocycles. The molecule has 1 atom stereocenters. The maximum atomic E-state index is 13.0. The molecular weight excluding hydrogens is 448 g/mol. The third kappa shape index (κ3) is 3.81. The molecule has 184 valence electrons. The second kappa shape index (κ2) is 8.29. The van der Waals surface area contributed by atoms with E-state index < -0.39 is 0 Å². The number of piperazine rings is 1. The van der Waals surface area contributed by atoms with Crippen molar-refractivity contribution in [1.29, 1.82) is 0 Å². The average molecular weight is 481 g/mol. The summed E-state index contributed by atoms with van der Waals surface area (Å²) >= 11 is 0. The Morgan fingerprint density at radius 2 is 1.89 bits per heavy atom. The third-order valence-corrected chi connectivity index (χ3v) is 8.25. The molecule has 3 aliphatic carbocycles. The second-order valence-electron chi connectivity index (χ2n) is 11.0. The number of nitrogens with zero attached hydrogens (tertiary/aromatic N) is 5. The first kappa shape index (κ1) is 21.8. The van der Waals surface area contributed by atoms with Crippen molar-refractivity contribution in [2.24, 2.45) is 11.8 Å². The van der Waals surface area contributed by atoms with Gasteiger partial charge in [0, 0.05) is 48.6 Å². The Bertz CT molecular complexity index is 1370. The van der Waals surface area contributed by atoms with E-state index in [1.54, 1.807) is 12.3 Å². The van der Waals surface area contributed by atoms with Crippen LogP contribution in [0.1, 0.15) is 55.8 Å². The summed E-state index contributed by atoms with van der Waals surface area (Å²) in [6.45, 7) is 6.32. The number of anilines is 2. The predicted octanol–water partition coefficient (Wildman–Crippen LogP) is 4.63. The van der Waals surface area contributed by atoms with Crippen LogP contribution in [0.25, 0.3) is 28.1 Å². The molecule has 7 heteroatoms. The van der Waals surface area contributed by atoms with Crippen LogP contribution < -0.4 is 10.6 Å². The first-order valence-electron chi connectivity index (χ1n) is 13.3. The lowest BCUT2D eigenvalue weighted by atomic mass is 9.96.